The molecule has 1 aromatic carbocycles. The molecule has 2 N–H and O–H groups in total. The predicted molar refractivity (Wildman–Crippen MR) is 131 cm³/mol. The van der Waals surface area contributed by atoms with E-state index in [4.69, 9.17) is 4.99 Å². The van der Waals surface area contributed by atoms with E-state index in [0.717, 1.165) is 57.1 Å². The molecule has 0 radical (unpaired) electrons. The lowest BCUT2D eigenvalue weighted by Gasteiger charge is -2.31. The first kappa shape index (κ1) is 25.5. The summed E-state index contributed by atoms with van der Waals surface area (Å²) in [5.74, 6) is 2.69. The zero-order valence-electron chi connectivity index (χ0n) is 17.3. The van der Waals surface area contributed by atoms with E-state index < -0.39 is 0 Å². The summed E-state index contributed by atoms with van der Waals surface area (Å²) in [5.41, 5.74) is 0.800. The van der Waals surface area contributed by atoms with E-state index in [1.807, 2.05) is 23.9 Å². The Morgan fingerprint density at radius 2 is 1.96 bits per heavy atom. The smallest absolute Gasteiger partial charge is 0.191 e. The van der Waals surface area contributed by atoms with Crippen molar-refractivity contribution in [2.45, 2.75) is 39.2 Å². The standard InChI is InChI=1S/C21H35FN4S.HI/c1-3-23-21(24-12-6-7-15-27-2)25-16-18-10-13-26(14-11-18)17-19-8-4-5-9-20(19)22;/h4-5,8-9,18H,3,6-7,10-17H2,1-2H3,(H2,23,24,25);1H. The average Bonchev–Trinajstić information content (AvgIpc) is 2.69. The van der Waals surface area contributed by atoms with Gasteiger partial charge in [0.05, 0.1) is 0 Å². The second-order valence-corrected chi connectivity index (χ2v) is 8.14. The number of guanidine groups is 1. The number of rotatable bonds is 10. The zero-order chi connectivity index (χ0) is 19.3. The molecule has 160 valence electrons. The molecule has 1 saturated heterocycles. The Labute approximate surface area is 191 Å². The first-order chi connectivity index (χ1) is 13.2. The minimum absolute atomic E-state index is 0. The van der Waals surface area contributed by atoms with E-state index in [-0.39, 0.29) is 29.8 Å². The fraction of sp³-hybridized carbons (Fsp3) is 0.667. The van der Waals surface area contributed by atoms with E-state index in [1.54, 1.807) is 12.1 Å². The molecule has 0 spiro atoms. The Hall–Kier alpha value is -0.540. The van der Waals surface area contributed by atoms with Crippen molar-refractivity contribution in [3.8, 4) is 0 Å². The van der Waals surface area contributed by atoms with E-state index in [1.165, 1.54) is 18.6 Å². The molecule has 1 aliphatic heterocycles. The van der Waals surface area contributed by atoms with Crippen LogP contribution in [0.2, 0.25) is 0 Å². The molecule has 0 aromatic heterocycles. The summed E-state index contributed by atoms with van der Waals surface area (Å²) in [7, 11) is 0. The lowest BCUT2D eigenvalue weighted by atomic mass is 9.96. The quantitative estimate of drug-likeness (QED) is 0.208. The highest BCUT2D eigenvalue weighted by Gasteiger charge is 2.19. The van der Waals surface area contributed by atoms with Gasteiger partial charge in [0.2, 0.25) is 0 Å². The van der Waals surface area contributed by atoms with Gasteiger partial charge in [0.1, 0.15) is 5.82 Å². The van der Waals surface area contributed by atoms with Crippen molar-refractivity contribution in [1.29, 1.82) is 0 Å². The first-order valence-corrected chi connectivity index (χ1v) is 11.6. The number of piperidine rings is 1. The Bertz CT molecular complexity index is 565. The van der Waals surface area contributed by atoms with Crippen molar-refractivity contribution in [3.63, 3.8) is 0 Å². The number of hydrogen-bond donors (Lipinski definition) is 2. The van der Waals surface area contributed by atoms with Crippen LogP contribution in [0.5, 0.6) is 0 Å². The molecule has 0 aliphatic carbocycles. The number of unbranched alkanes of at least 4 members (excludes halogenated alkanes) is 1. The van der Waals surface area contributed by atoms with Crippen LogP contribution < -0.4 is 10.6 Å². The van der Waals surface area contributed by atoms with Gasteiger partial charge in [0.25, 0.3) is 0 Å². The molecule has 0 amide bonds. The van der Waals surface area contributed by atoms with Gasteiger partial charge in [-0.25, -0.2) is 4.39 Å². The number of benzene rings is 1. The van der Waals surface area contributed by atoms with E-state index in [9.17, 15) is 4.39 Å². The Balaban J connectivity index is 0.00000392. The maximum atomic E-state index is 13.8. The molecule has 0 unspecified atom stereocenters. The molecule has 1 aliphatic rings. The predicted octanol–water partition coefficient (Wildman–Crippen LogP) is 4.35. The molecule has 7 heteroatoms. The number of thioether (sulfide) groups is 1. The monoisotopic (exact) mass is 522 g/mol. The third-order valence-electron chi connectivity index (χ3n) is 4.98. The van der Waals surface area contributed by atoms with Crippen molar-refractivity contribution >= 4 is 41.7 Å². The van der Waals surface area contributed by atoms with E-state index in [2.05, 4.69) is 28.7 Å². The minimum atomic E-state index is -0.0943. The second-order valence-electron chi connectivity index (χ2n) is 7.16. The number of aliphatic imine (C=N–C) groups is 1. The molecular formula is C21H36FIN4S. The molecule has 1 heterocycles. The topological polar surface area (TPSA) is 39.7 Å². The highest BCUT2D eigenvalue weighted by molar-refractivity contribution is 14.0. The molecule has 0 atom stereocenters. The van der Waals surface area contributed by atoms with Gasteiger partial charge in [-0.15, -0.1) is 24.0 Å². The Kier molecular flexibility index (Phi) is 14.0. The summed E-state index contributed by atoms with van der Waals surface area (Å²) in [4.78, 5) is 7.14. The van der Waals surface area contributed by atoms with Crippen LogP contribution in [-0.2, 0) is 6.54 Å². The Morgan fingerprint density at radius 1 is 1.21 bits per heavy atom. The van der Waals surface area contributed by atoms with Crippen molar-refractivity contribution < 1.29 is 4.39 Å². The molecule has 2 rings (SSSR count). The summed E-state index contributed by atoms with van der Waals surface area (Å²) in [6.07, 6.45) is 6.84. The maximum Gasteiger partial charge on any atom is 0.191 e. The lowest BCUT2D eigenvalue weighted by Crippen LogP contribution is -2.39. The van der Waals surface area contributed by atoms with Crippen LogP contribution in [0.25, 0.3) is 0 Å². The van der Waals surface area contributed by atoms with Crippen molar-refractivity contribution in [3.05, 3.63) is 35.6 Å². The molecule has 0 bridgehead atoms. The second kappa shape index (κ2) is 15.3. The van der Waals surface area contributed by atoms with Gasteiger partial charge in [-0.2, -0.15) is 11.8 Å². The maximum absolute atomic E-state index is 13.8. The minimum Gasteiger partial charge on any atom is -0.357 e. The van der Waals surface area contributed by atoms with Crippen LogP contribution in [0.4, 0.5) is 4.39 Å². The number of nitrogens with one attached hydrogen (secondary N) is 2. The van der Waals surface area contributed by atoms with Gasteiger partial charge in [0.15, 0.2) is 5.96 Å². The van der Waals surface area contributed by atoms with Gasteiger partial charge in [-0.1, -0.05) is 18.2 Å². The zero-order valence-corrected chi connectivity index (χ0v) is 20.4. The molecule has 28 heavy (non-hydrogen) atoms. The normalized spacial score (nSPS) is 15.9. The molecular weight excluding hydrogens is 486 g/mol. The van der Waals surface area contributed by atoms with Crippen LogP contribution in [0.15, 0.2) is 29.3 Å². The fourth-order valence-electron chi connectivity index (χ4n) is 3.33. The molecule has 1 fully saturated rings. The van der Waals surface area contributed by atoms with Crippen molar-refractivity contribution in [2.24, 2.45) is 10.9 Å². The SMILES string of the molecule is CCNC(=NCC1CCN(Cc2ccccc2F)CC1)NCCCCSC.I. The third kappa shape index (κ3) is 9.78. The lowest BCUT2D eigenvalue weighted by molar-refractivity contribution is 0.179. The van der Waals surface area contributed by atoms with Crippen LogP contribution in [-0.4, -0.2) is 55.6 Å². The number of hydrogen-bond acceptors (Lipinski definition) is 3. The highest BCUT2D eigenvalue weighted by atomic mass is 127. The van der Waals surface area contributed by atoms with Crippen LogP contribution >= 0.6 is 35.7 Å². The van der Waals surface area contributed by atoms with Gasteiger partial charge in [-0.05, 0) is 69.7 Å². The van der Waals surface area contributed by atoms with E-state index in [0.29, 0.717) is 12.5 Å². The highest BCUT2D eigenvalue weighted by Crippen LogP contribution is 2.20. The molecule has 0 saturated carbocycles. The van der Waals surface area contributed by atoms with Gasteiger partial charge < -0.3 is 10.6 Å². The first-order valence-electron chi connectivity index (χ1n) is 10.2. The summed E-state index contributed by atoms with van der Waals surface area (Å²) in [6, 6.07) is 7.10. The molecule has 4 nitrogen and oxygen atoms in total. The van der Waals surface area contributed by atoms with Gasteiger partial charge in [0, 0.05) is 31.7 Å². The average molecular weight is 523 g/mol. The van der Waals surface area contributed by atoms with Crippen LogP contribution in [0.3, 0.4) is 0 Å². The number of nitrogens with zero attached hydrogens (tertiary/aromatic N) is 2. The fourth-order valence-corrected chi connectivity index (χ4v) is 3.83. The summed E-state index contributed by atoms with van der Waals surface area (Å²) in [6.45, 7) is 7.59. The summed E-state index contributed by atoms with van der Waals surface area (Å²) in [5, 5.41) is 6.79. The number of halogens is 2. The van der Waals surface area contributed by atoms with Crippen LogP contribution in [0, 0.1) is 11.7 Å². The summed E-state index contributed by atoms with van der Waals surface area (Å²) >= 11 is 1.90. The third-order valence-corrected chi connectivity index (χ3v) is 5.68. The summed E-state index contributed by atoms with van der Waals surface area (Å²) < 4.78 is 13.8. The van der Waals surface area contributed by atoms with E-state index >= 15 is 0 Å². The Morgan fingerprint density at radius 3 is 2.64 bits per heavy atom. The van der Waals surface area contributed by atoms with Crippen molar-refractivity contribution in [1.82, 2.24) is 15.5 Å². The van der Waals surface area contributed by atoms with Gasteiger partial charge in [-0.3, -0.25) is 9.89 Å². The number of likely N-dealkylation sites (tertiary alicyclic amines) is 1. The molecule has 1 aromatic rings. The largest absolute Gasteiger partial charge is 0.357 e. The van der Waals surface area contributed by atoms with Crippen LogP contribution in [0.1, 0.15) is 38.2 Å². The van der Waals surface area contributed by atoms with Gasteiger partial charge >= 0.3 is 0 Å². The van der Waals surface area contributed by atoms with Crippen molar-refractivity contribution in [2.75, 3.05) is 44.7 Å².